The van der Waals surface area contributed by atoms with Crippen molar-refractivity contribution in [3.63, 3.8) is 0 Å². The number of hydrogen-bond donors (Lipinski definition) is 2. The topological polar surface area (TPSA) is 77.8 Å². The summed E-state index contributed by atoms with van der Waals surface area (Å²) in [4.78, 5) is 0.195. The van der Waals surface area contributed by atoms with Crippen LogP contribution in [0.15, 0.2) is 29.2 Å². The Labute approximate surface area is 107 Å². The molecule has 2 rings (SSSR count). The molecule has 0 saturated carbocycles. The second-order valence-electron chi connectivity index (χ2n) is 4.55. The lowest BCUT2D eigenvalue weighted by Gasteiger charge is -2.20. The van der Waals surface area contributed by atoms with Crippen molar-refractivity contribution in [3.05, 3.63) is 24.3 Å². The largest absolute Gasteiger partial charge is 0.488 e. The Hall–Kier alpha value is -0.885. The first-order valence-electron chi connectivity index (χ1n) is 5.91. The average Bonchev–Trinajstić information content (AvgIpc) is 2.76. The van der Waals surface area contributed by atoms with E-state index in [1.165, 1.54) is 28.6 Å². The molecule has 0 spiro atoms. The fourth-order valence-corrected chi connectivity index (χ4v) is 3.91. The number of rotatable bonds is 3. The average molecular weight is 269 g/mol. The van der Waals surface area contributed by atoms with Crippen LogP contribution in [0.4, 0.5) is 0 Å². The molecule has 18 heavy (non-hydrogen) atoms. The molecule has 0 aromatic heterocycles. The molecule has 1 unspecified atom stereocenters. The molecule has 7 heteroatoms. The third-order valence-electron chi connectivity index (χ3n) is 3.28. The third-order valence-corrected chi connectivity index (χ3v) is 5.30. The molecule has 98 valence electrons. The zero-order valence-electron chi connectivity index (χ0n) is 10.2. The number of benzene rings is 1. The van der Waals surface area contributed by atoms with Gasteiger partial charge in [-0.25, -0.2) is 8.42 Å². The van der Waals surface area contributed by atoms with Crippen molar-refractivity contribution in [2.45, 2.75) is 30.7 Å². The molecule has 2 N–H and O–H groups in total. The van der Waals surface area contributed by atoms with E-state index in [0.29, 0.717) is 6.54 Å². The van der Waals surface area contributed by atoms with Crippen LogP contribution in [0, 0.1) is 0 Å². The third kappa shape index (κ3) is 2.44. The summed E-state index contributed by atoms with van der Waals surface area (Å²) in [5.41, 5.74) is 0.281. The maximum Gasteiger partial charge on any atom is 0.488 e. The van der Waals surface area contributed by atoms with Crippen LogP contribution in [0.5, 0.6) is 0 Å². The van der Waals surface area contributed by atoms with Crippen LogP contribution < -0.4 is 5.46 Å². The van der Waals surface area contributed by atoms with Gasteiger partial charge in [0.05, 0.1) is 4.90 Å². The van der Waals surface area contributed by atoms with Crippen molar-refractivity contribution in [3.8, 4) is 0 Å². The van der Waals surface area contributed by atoms with Crippen molar-refractivity contribution in [2.24, 2.45) is 0 Å². The lowest BCUT2D eigenvalue weighted by molar-refractivity contribution is 0.408. The normalized spacial score (nSPS) is 21.2. The Bertz CT molecular complexity index is 514. The molecular formula is C11H16BNO4S. The molecule has 1 aromatic rings. The van der Waals surface area contributed by atoms with Gasteiger partial charge in [0, 0.05) is 12.6 Å². The summed E-state index contributed by atoms with van der Waals surface area (Å²) in [6.07, 6.45) is 1.76. The van der Waals surface area contributed by atoms with Crippen molar-refractivity contribution < 1.29 is 18.5 Å². The minimum Gasteiger partial charge on any atom is -0.423 e. The van der Waals surface area contributed by atoms with Crippen molar-refractivity contribution in [2.75, 3.05) is 6.54 Å². The van der Waals surface area contributed by atoms with E-state index in [4.69, 9.17) is 10.0 Å². The van der Waals surface area contributed by atoms with Crippen molar-refractivity contribution >= 4 is 22.6 Å². The lowest BCUT2D eigenvalue weighted by atomic mass is 9.81. The molecule has 0 amide bonds. The van der Waals surface area contributed by atoms with Crippen LogP contribution in [-0.2, 0) is 10.0 Å². The second kappa shape index (κ2) is 5.01. The summed E-state index contributed by atoms with van der Waals surface area (Å²) in [6.45, 7) is 2.45. The van der Waals surface area contributed by atoms with Crippen LogP contribution in [-0.4, -0.2) is 42.5 Å². The first kappa shape index (κ1) is 13.5. The summed E-state index contributed by atoms with van der Waals surface area (Å²) >= 11 is 0. The molecule has 0 aliphatic carbocycles. The van der Waals surface area contributed by atoms with E-state index in [1.807, 2.05) is 6.92 Å². The van der Waals surface area contributed by atoms with Gasteiger partial charge in [-0.3, -0.25) is 0 Å². The lowest BCUT2D eigenvalue weighted by Crippen LogP contribution is -2.34. The van der Waals surface area contributed by atoms with Gasteiger partial charge in [0.1, 0.15) is 0 Å². The fraction of sp³-hybridized carbons (Fsp3) is 0.455. The quantitative estimate of drug-likeness (QED) is 0.728. The Kier molecular flexibility index (Phi) is 3.77. The zero-order chi connectivity index (χ0) is 13.3. The Morgan fingerprint density at radius 1 is 1.28 bits per heavy atom. The van der Waals surface area contributed by atoms with E-state index in [9.17, 15) is 8.42 Å². The standard InChI is InChI=1S/C11H16BNO4S/c1-9-3-2-8-13(9)18(16,17)11-6-4-10(5-7-11)12(14)15/h4-7,9,14-15H,2-3,8H2,1H3. The predicted octanol–water partition coefficient (Wildman–Crippen LogP) is -0.461. The van der Waals surface area contributed by atoms with Crippen LogP contribution in [0.1, 0.15) is 19.8 Å². The minimum atomic E-state index is -3.46. The monoisotopic (exact) mass is 269 g/mol. The highest BCUT2D eigenvalue weighted by molar-refractivity contribution is 7.89. The minimum absolute atomic E-state index is 0.0260. The summed E-state index contributed by atoms with van der Waals surface area (Å²) < 4.78 is 26.2. The van der Waals surface area contributed by atoms with E-state index in [1.54, 1.807) is 0 Å². The van der Waals surface area contributed by atoms with E-state index in [-0.39, 0.29) is 16.4 Å². The van der Waals surface area contributed by atoms with Crippen molar-refractivity contribution in [1.82, 2.24) is 4.31 Å². The molecule has 1 atom stereocenters. The summed E-state index contributed by atoms with van der Waals surface area (Å²) in [5.74, 6) is 0. The summed E-state index contributed by atoms with van der Waals surface area (Å²) in [7, 11) is -5.04. The molecular weight excluding hydrogens is 253 g/mol. The van der Waals surface area contributed by atoms with Crippen LogP contribution in [0.25, 0.3) is 0 Å². The van der Waals surface area contributed by atoms with Gasteiger partial charge < -0.3 is 10.0 Å². The molecule has 1 fully saturated rings. The van der Waals surface area contributed by atoms with E-state index in [0.717, 1.165) is 12.8 Å². The maximum absolute atomic E-state index is 12.3. The molecule has 1 heterocycles. The van der Waals surface area contributed by atoms with Gasteiger partial charge in [-0.1, -0.05) is 12.1 Å². The highest BCUT2D eigenvalue weighted by Gasteiger charge is 2.32. The first-order chi connectivity index (χ1) is 8.43. The van der Waals surface area contributed by atoms with Gasteiger partial charge in [0.2, 0.25) is 10.0 Å². The van der Waals surface area contributed by atoms with E-state index in [2.05, 4.69) is 0 Å². The Morgan fingerprint density at radius 3 is 2.33 bits per heavy atom. The number of nitrogens with zero attached hydrogens (tertiary/aromatic N) is 1. The Morgan fingerprint density at radius 2 is 1.89 bits per heavy atom. The molecule has 1 aliphatic rings. The molecule has 0 radical (unpaired) electrons. The smallest absolute Gasteiger partial charge is 0.423 e. The van der Waals surface area contributed by atoms with Crippen LogP contribution in [0.2, 0.25) is 0 Å². The number of hydrogen-bond acceptors (Lipinski definition) is 4. The van der Waals surface area contributed by atoms with E-state index >= 15 is 0 Å². The first-order valence-corrected chi connectivity index (χ1v) is 7.35. The predicted molar refractivity (Wildman–Crippen MR) is 68.9 cm³/mol. The van der Waals surface area contributed by atoms with Crippen molar-refractivity contribution in [1.29, 1.82) is 0 Å². The molecule has 0 bridgehead atoms. The Balaban J connectivity index is 2.30. The summed E-state index contributed by atoms with van der Waals surface area (Å²) in [6, 6.07) is 5.68. The van der Waals surface area contributed by atoms with E-state index < -0.39 is 17.1 Å². The van der Waals surface area contributed by atoms with Gasteiger partial charge >= 0.3 is 7.12 Å². The highest BCUT2D eigenvalue weighted by Crippen LogP contribution is 2.25. The summed E-state index contributed by atoms with van der Waals surface area (Å²) in [5, 5.41) is 17.9. The SMILES string of the molecule is CC1CCCN1S(=O)(=O)c1ccc(B(O)O)cc1. The van der Waals surface area contributed by atoms with Gasteiger partial charge in [0.25, 0.3) is 0 Å². The van der Waals surface area contributed by atoms with Crippen LogP contribution in [0.3, 0.4) is 0 Å². The van der Waals surface area contributed by atoms with Gasteiger partial charge in [0.15, 0.2) is 0 Å². The van der Waals surface area contributed by atoms with Gasteiger partial charge in [-0.05, 0) is 37.4 Å². The molecule has 1 aliphatic heterocycles. The molecule has 1 saturated heterocycles. The van der Waals surface area contributed by atoms with Gasteiger partial charge in [-0.2, -0.15) is 4.31 Å². The fourth-order valence-electron chi connectivity index (χ4n) is 2.21. The highest BCUT2D eigenvalue weighted by atomic mass is 32.2. The molecule has 5 nitrogen and oxygen atoms in total. The van der Waals surface area contributed by atoms with Gasteiger partial charge in [-0.15, -0.1) is 0 Å². The molecule has 1 aromatic carbocycles. The zero-order valence-corrected chi connectivity index (χ0v) is 11.0. The number of sulfonamides is 1. The second-order valence-corrected chi connectivity index (χ2v) is 6.44. The maximum atomic E-state index is 12.3. The van der Waals surface area contributed by atoms with Crippen LogP contribution >= 0.6 is 0 Å².